The Morgan fingerprint density at radius 3 is 2.00 bits per heavy atom. The number of ketones is 2. The molecule has 0 bridgehead atoms. The highest BCUT2D eigenvalue weighted by Crippen LogP contribution is 1.99. The lowest BCUT2D eigenvalue weighted by Gasteiger charge is -1.92. The van der Waals surface area contributed by atoms with E-state index in [1.807, 2.05) is 0 Å². The molecule has 0 aliphatic rings. The average Bonchev–Trinajstić information content (AvgIpc) is 1.58. The second-order valence-corrected chi connectivity index (χ2v) is 2.48. The first-order valence-corrected chi connectivity index (χ1v) is 3.19. The largest absolute Gasteiger partial charge is 0.300 e. The minimum absolute atomic E-state index is 0.00116. The zero-order valence-electron chi connectivity index (χ0n) is 6.60. The van der Waals surface area contributed by atoms with Crippen LogP contribution in [-0.2, 0) is 9.59 Å². The van der Waals surface area contributed by atoms with Crippen molar-refractivity contribution in [3.63, 3.8) is 0 Å². The standard InChI is InChI=1S/C8H12O2/c1-6(4-7(2)9)5-8(3)10/h4H,5H2,1-3H3. The van der Waals surface area contributed by atoms with Gasteiger partial charge in [-0.05, 0) is 26.8 Å². The highest BCUT2D eigenvalue weighted by atomic mass is 16.1. The Bertz CT molecular complexity index is 178. The summed E-state index contributed by atoms with van der Waals surface area (Å²) >= 11 is 0. The van der Waals surface area contributed by atoms with Crippen molar-refractivity contribution in [1.29, 1.82) is 0 Å². The van der Waals surface area contributed by atoms with Gasteiger partial charge >= 0.3 is 0 Å². The molecule has 0 saturated carbocycles. The van der Waals surface area contributed by atoms with E-state index in [9.17, 15) is 9.59 Å². The molecule has 0 heterocycles. The first kappa shape index (κ1) is 9.08. The normalized spacial score (nSPS) is 11.3. The third-order valence-electron chi connectivity index (χ3n) is 0.977. The molecular formula is C8H12O2. The van der Waals surface area contributed by atoms with Gasteiger partial charge in [-0.3, -0.25) is 9.59 Å². The summed E-state index contributed by atoms with van der Waals surface area (Å²) < 4.78 is 0. The van der Waals surface area contributed by atoms with E-state index in [1.54, 1.807) is 6.92 Å². The second-order valence-electron chi connectivity index (χ2n) is 2.48. The lowest BCUT2D eigenvalue weighted by molar-refractivity contribution is -0.116. The Hall–Kier alpha value is -0.920. The van der Waals surface area contributed by atoms with Crippen molar-refractivity contribution in [2.45, 2.75) is 27.2 Å². The van der Waals surface area contributed by atoms with Gasteiger partial charge in [0.25, 0.3) is 0 Å². The fourth-order valence-corrected chi connectivity index (χ4v) is 0.791. The van der Waals surface area contributed by atoms with Crippen LogP contribution in [0.2, 0.25) is 0 Å². The van der Waals surface area contributed by atoms with E-state index in [2.05, 4.69) is 0 Å². The van der Waals surface area contributed by atoms with Crippen molar-refractivity contribution in [3.05, 3.63) is 11.6 Å². The zero-order valence-corrected chi connectivity index (χ0v) is 6.60. The van der Waals surface area contributed by atoms with E-state index >= 15 is 0 Å². The molecule has 0 fully saturated rings. The van der Waals surface area contributed by atoms with Crippen molar-refractivity contribution in [2.75, 3.05) is 0 Å². The van der Waals surface area contributed by atoms with Gasteiger partial charge in [0, 0.05) is 6.42 Å². The van der Waals surface area contributed by atoms with Crippen LogP contribution < -0.4 is 0 Å². The molecule has 0 N–H and O–H groups in total. The molecule has 2 heteroatoms. The van der Waals surface area contributed by atoms with Crippen molar-refractivity contribution in [2.24, 2.45) is 0 Å². The van der Waals surface area contributed by atoms with E-state index < -0.39 is 0 Å². The Kier molecular flexibility index (Phi) is 3.62. The maximum absolute atomic E-state index is 10.5. The molecule has 0 amide bonds. The summed E-state index contributed by atoms with van der Waals surface area (Å²) in [6.45, 7) is 4.77. The fourth-order valence-electron chi connectivity index (χ4n) is 0.791. The van der Waals surface area contributed by atoms with Crippen LogP contribution in [0.4, 0.5) is 0 Å². The summed E-state index contributed by atoms with van der Waals surface area (Å²) in [5.74, 6) is 0.0914. The van der Waals surface area contributed by atoms with E-state index in [-0.39, 0.29) is 11.6 Å². The summed E-state index contributed by atoms with van der Waals surface area (Å²) in [5, 5.41) is 0. The van der Waals surface area contributed by atoms with E-state index in [1.165, 1.54) is 19.9 Å². The maximum Gasteiger partial charge on any atom is 0.152 e. The predicted molar refractivity (Wildman–Crippen MR) is 39.7 cm³/mol. The highest BCUT2D eigenvalue weighted by molar-refractivity contribution is 5.89. The molecule has 0 aliphatic heterocycles. The van der Waals surface area contributed by atoms with Crippen LogP contribution in [0.3, 0.4) is 0 Å². The summed E-state index contributed by atoms with van der Waals surface area (Å²) in [6, 6.07) is 0. The number of hydrogen-bond acceptors (Lipinski definition) is 2. The molecule has 0 atom stereocenters. The van der Waals surface area contributed by atoms with E-state index in [0.29, 0.717) is 6.42 Å². The Balaban J connectivity index is 3.95. The lowest BCUT2D eigenvalue weighted by Crippen LogP contribution is -1.92. The summed E-state index contributed by atoms with van der Waals surface area (Å²) in [4.78, 5) is 20.9. The number of hydrogen-bond donors (Lipinski definition) is 0. The Labute approximate surface area is 60.9 Å². The van der Waals surface area contributed by atoms with Crippen molar-refractivity contribution in [1.82, 2.24) is 0 Å². The Morgan fingerprint density at radius 2 is 1.70 bits per heavy atom. The monoisotopic (exact) mass is 140 g/mol. The van der Waals surface area contributed by atoms with Gasteiger partial charge in [0.1, 0.15) is 5.78 Å². The van der Waals surface area contributed by atoms with Gasteiger partial charge in [-0.15, -0.1) is 0 Å². The van der Waals surface area contributed by atoms with Crippen LogP contribution in [0.5, 0.6) is 0 Å². The number of carbonyl (C=O) groups excluding carboxylic acids is 2. The van der Waals surface area contributed by atoms with Gasteiger partial charge in [0.05, 0.1) is 0 Å². The quantitative estimate of drug-likeness (QED) is 0.557. The number of carbonyl (C=O) groups is 2. The molecule has 0 rings (SSSR count). The number of allylic oxidation sites excluding steroid dienone is 2. The van der Waals surface area contributed by atoms with Crippen LogP contribution in [0.1, 0.15) is 27.2 Å². The van der Waals surface area contributed by atoms with Gasteiger partial charge in [-0.1, -0.05) is 5.57 Å². The summed E-state index contributed by atoms with van der Waals surface area (Å²) in [5.41, 5.74) is 0.833. The van der Waals surface area contributed by atoms with Gasteiger partial charge < -0.3 is 0 Å². The molecule has 56 valence electrons. The molecule has 0 spiro atoms. The third-order valence-corrected chi connectivity index (χ3v) is 0.977. The first-order chi connectivity index (χ1) is 4.52. The molecule has 2 nitrogen and oxygen atoms in total. The highest BCUT2D eigenvalue weighted by Gasteiger charge is 1.95. The number of Topliss-reactive ketones (excluding diaryl/α,β-unsaturated/α-hetero) is 1. The Morgan fingerprint density at radius 1 is 1.20 bits per heavy atom. The topological polar surface area (TPSA) is 34.1 Å². The van der Waals surface area contributed by atoms with Crippen LogP contribution in [-0.4, -0.2) is 11.6 Å². The van der Waals surface area contributed by atoms with Gasteiger partial charge in [0.2, 0.25) is 0 Å². The summed E-state index contributed by atoms with van der Waals surface area (Å²) in [6.07, 6.45) is 1.88. The SMILES string of the molecule is CC(=O)C=C(C)CC(C)=O. The molecular weight excluding hydrogens is 128 g/mol. The lowest BCUT2D eigenvalue weighted by atomic mass is 10.1. The molecule has 10 heavy (non-hydrogen) atoms. The minimum Gasteiger partial charge on any atom is -0.300 e. The van der Waals surface area contributed by atoms with Crippen molar-refractivity contribution in [3.8, 4) is 0 Å². The number of rotatable bonds is 3. The molecule has 0 aliphatic carbocycles. The molecule has 0 aromatic carbocycles. The van der Waals surface area contributed by atoms with Gasteiger partial charge in [0.15, 0.2) is 5.78 Å². The molecule has 0 aromatic heterocycles. The third kappa shape index (κ3) is 5.22. The second kappa shape index (κ2) is 3.99. The van der Waals surface area contributed by atoms with Crippen LogP contribution in [0.15, 0.2) is 11.6 Å². The molecule has 0 unspecified atom stereocenters. The molecule has 0 radical (unpaired) electrons. The van der Waals surface area contributed by atoms with Crippen molar-refractivity contribution < 1.29 is 9.59 Å². The van der Waals surface area contributed by atoms with Crippen LogP contribution >= 0.6 is 0 Å². The molecule has 0 saturated heterocycles. The molecule has 0 aromatic rings. The van der Waals surface area contributed by atoms with Crippen LogP contribution in [0.25, 0.3) is 0 Å². The maximum atomic E-state index is 10.5. The average molecular weight is 140 g/mol. The van der Waals surface area contributed by atoms with Crippen LogP contribution in [0, 0.1) is 0 Å². The van der Waals surface area contributed by atoms with Crippen molar-refractivity contribution >= 4 is 11.6 Å². The zero-order chi connectivity index (χ0) is 8.15. The smallest absolute Gasteiger partial charge is 0.152 e. The minimum atomic E-state index is -0.00116. The van der Waals surface area contributed by atoms with E-state index in [0.717, 1.165) is 5.57 Å². The predicted octanol–water partition coefficient (Wildman–Crippen LogP) is 1.50. The summed E-state index contributed by atoms with van der Waals surface area (Å²) in [7, 11) is 0. The first-order valence-electron chi connectivity index (χ1n) is 3.19. The van der Waals surface area contributed by atoms with E-state index in [4.69, 9.17) is 0 Å². The fraction of sp³-hybridized carbons (Fsp3) is 0.500. The van der Waals surface area contributed by atoms with Gasteiger partial charge in [-0.25, -0.2) is 0 Å². The van der Waals surface area contributed by atoms with Gasteiger partial charge in [-0.2, -0.15) is 0 Å².